The maximum atomic E-state index is 12.1. The molecule has 2 fully saturated rings. The standard InChI is InChI=1S/C13H21NO5S/c1-8-4-10(11(5-8)13(16)17)12(15)14-6-9-2-3-20(18,19)7-9/h8-11H,2-7H2,1H3,(H,14,15)(H,16,17). The van der Waals surface area contributed by atoms with Gasteiger partial charge in [-0.05, 0) is 31.1 Å². The summed E-state index contributed by atoms with van der Waals surface area (Å²) < 4.78 is 22.7. The summed E-state index contributed by atoms with van der Waals surface area (Å²) >= 11 is 0. The number of amides is 1. The zero-order valence-electron chi connectivity index (χ0n) is 11.5. The van der Waals surface area contributed by atoms with Gasteiger partial charge in [-0.2, -0.15) is 0 Å². The molecule has 1 aliphatic heterocycles. The van der Waals surface area contributed by atoms with Gasteiger partial charge in [0.25, 0.3) is 0 Å². The largest absolute Gasteiger partial charge is 0.481 e. The van der Waals surface area contributed by atoms with Gasteiger partial charge in [0.1, 0.15) is 0 Å². The van der Waals surface area contributed by atoms with Crippen LogP contribution in [0.2, 0.25) is 0 Å². The van der Waals surface area contributed by atoms with E-state index in [-0.39, 0.29) is 29.2 Å². The third-order valence-electron chi connectivity index (χ3n) is 4.34. The van der Waals surface area contributed by atoms with Crippen LogP contribution in [-0.4, -0.2) is 43.5 Å². The highest BCUT2D eigenvalue weighted by Gasteiger charge is 2.41. The van der Waals surface area contributed by atoms with Crippen LogP contribution in [-0.2, 0) is 19.4 Å². The van der Waals surface area contributed by atoms with Crippen molar-refractivity contribution in [1.82, 2.24) is 5.32 Å². The van der Waals surface area contributed by atoms with E-state index in [0.29, 0.717) is 25.8 Å². The smallest absolute Gasteiger partial charge is 0.307 e. The Morgan fingerprint density at radius 3 is 2.45 bits per heavy atom. The Hall–Kier alpha value is -1.11. The zero-order chi connectivity index (χ0) is 14.9. The molecule has 114 valence electrons. The van der Waals surface area contributed by atoms with Crippen LogP contribution in [0.3, 0.4) is 0 Å². The summed E-state index contributed by atoms with van der Waals surface area (Å²) in [6.07, 6.45) is 1.70. The van der Waals surface area contributed by atoms with Crippen molar-refractivity contribution in [2.24, 2.45) is 23.7 Å². The highest BCUT2D eigenvalue weighted by Crippen LogP contribution is 2.36. The Labute approximate surface area is 118 Å². The summed E-state index contributed by atoms with van der Waals surface area (Å²) in [6, 6.07) is 0. The third-order valence-corrected chi connectivity index (χ3v) is 6.18. The summed E-state index contributed by atoms with van der Waals surface area (Å²) in [7, 11) is -2.94. The van der Waals surface area contributed by atoms with E-state index in [9.17, 15) is 18.0 Å². The quantitative estimate of drug-likeness (QED) is 0.777. The summed E-state index contributed by atoms with van der Waals surface area (Å²) in [4.78, 5) is 23.2. The van der Waals surface area contributed by atoms with Crippen LogP contribution in [0.15, 0.2) is 0 Å². The number of sulfone groups is 1. The predicted octanol–water partition coefficient (Wildman–Crippen LogP) is 0.284. The molecular weight excluding hydrogens is 282 g/mol. The highest BCUT2D eigenvalue weighted by atomic mass is 32.2. The van der Waals surface area contributed by atoms with Crippen LogP contribution >= 0.6 is 0 Å². The fraction of sp³-hybridized carbons (Fsp3) is 0.846. The van der Waals surface area contributed by atoms with Crippen molar-refractivity contribution in [3.63, 3.8) is 0 Å². The monoisotopic (exact) mass is 303 g/mol. The fourth-order valence-corrected chi connectivity index (χ4v) is 5.13. The van der Waals surface area contributed by atoms with Crippen LogP contribution in [0.25, 0.3) is 0 Å². The van der Waals surface area contributed by atoms with Gasteiger partial charge in [0.15, 0.2) is 9.84 Å². The minimum atomic E-state index is -2.94. The Morgan fingerprint density at radius 1 is 1.25 bits per heavy atom. The average Bonchev–Trinajstić information content (AvgIpc) is 2.89. The molecule has 0 radical (unpaired) electrons. The Kier molecular flexibility index (Phi) is 4.36. The number of aliphatic carboxylic acids is 1. The molecule has 4 atom stereocenters. The van der Waals surface area contributed by atoms with Crippen LogP contribution in [0.5, 0.6) is 0 Å². The second kappa shape index (κ2) is 5.71. The zero-order valence-corrected chi connectivity index (χ0v) is 12.4. The second-order valence-corrected chi connectivity index (χ2v) is 8.37. The maximum Gasteiger partial charge on any atom is 0.307 e. The van der Waals surface area contributed by atoms with Gasteiger partial charge in [-0.1, -0.05) is 6.92 Å². The Bertz CT molecular complexity index is 501. The van der Waals surface area contributed by atoms with Crippen molar-refractivity contribution >= 4 is 21.7 Å². The van der Waals surface area contributed by atoms with Crippen molar-refractivity contribution in [1.29, 1.82) is 0 Å². The van der Waals surface area contributed by atoms with Gasteiger partial charge in [-0.25, -0.2) is 8.42 Å². The Balaban J connectivity index is 1.87. The third kappa shape index (κ3) is 3.50. The highest BCUT2D eigenvalue weighted by molar-refractivity contribution is 7.91. The molecule has 0 bridgehead atoms. The van der Waals surface area contributed by atoms with Gasteiger partial charge in [0, 0.05) is 6.54 Å². The van der Waals surface area contributed by atoms with E-state index in [1.165, 1.54) is 0 Å². The van der Waals surface area contributed by atoms with Crippen LogP contribution < -0.4 is 5.32 Å². The molecule has 4 unspecified atom stereocenters. The number of carboxylic acid groups (broad SMARTS) is 1. The molecule has 20 heavy (non-hydrogen) atoms. The number of carbonyl (C=O) groups excluding carboxylic acids is 1. The molecule has 7 heteroatoms. The summed E-state index contributed by atoms with van der Waals surface area (Å²) in [5, 5.41) is 11.9. The van der Waals surface area contributed by atoms with E-state index in [4.69, 9.17) is 5.11 Å². The van der Waals surface area contributed by atoms with Crippen molar-refractivity contribution in [2.75, 3.05) is 18.1 Å². The second-order valence-electron chi connectivity index (χ2n) is 6.14. The molecule has 2 rings (SSSR count). The number of rotatable bonds is 4. The number of nitrogens with one attached hydrogen (secondary N) is 1. The lowest BCUT2D eigenvalue weighted by Gasteiger charge is -2.17. The van der Waals surface area contributed by atoms with E-state index in [1.807, 2.05) is 6.92 Å². The van der Waals surface area contributed by atoms with E-state index < -0.39 is 27.6 Å². The molecule has 1 heterocycles. The van der Waals surface area contributed by atoms with Crippen molar-refractivity contribution in [2.45, 2.75) is 26.2 Å². The molecule has 1 saturated heterocycles. The van der Waals surface area contributed by atoms with Crippen molar-refractivity contribution < 1.29 is 23.1 Å². The lowest BCUT2D eigenvalue weighted by molar-refractivity contribution is -0.146. The first kappa shape index (κ1) is 15.3. The van der Waals surface area contributed by atoms with Gasteiger partial charge in [-0.15, -0.1) is 0 Å². The number of carboxylic acids is 1. The first-order valence-electron chi connectivity index (χ1n) is 6.99. The van der Waals surface area contributed by atoms with Gasteiger partial charge in [0.2, 0.25) is 5.91 Å². The SMILES string of the molecule is CC1CC(C(=O)O)C(C(=O)NCC2CCS(=O)(=O)C2)C1. The normalized spacial score (nSPS) is 35.9. The van der Waals surface area contributed by atoms with Crippen LogP contribution in [0, 0.1) is 23.7 Å². The first-order valence-corrected chi connectivity index (χ1v) is 8.81. The summed E-state index contributed by atoms with van der Waals surface area (Å²) in [6.45, 7) is 2.28. The fourth-order valence-electron chi connectivity index (χ4n) is 3.26. The maximum absolute atomic E-state index is 12.1. The molecule has 1 saturated carbocycles. The molecular formula is C13H21NO5S. The van der Waals surface area contributed by atoms with Crippen molar-refractivity contribution in [3.8, 4) is 0 Å². The molecule has 0 aromatic carbocycles. The number of carbonyl (C=O) groups is 2. The minimum absolute atomic E-state index is 0.0361. The first-order chi connectivity index (χ1) is 9.28. The number of hydrogen-bond donors (Lipinski definition) is 2. The van der Waals surface area contributed by atoms with Crippen molar-refractivity contribution in [3.05, 3.63) is 0 Å². The van der Waals surface area contributed by atoms with E-state index >= 15 is 0 Å². The molecule has 2 aliphatic rings. The number of hydrogen-bond acceptors (Lipinski definition) is 4. The van der Waals surface area contributed by atoms with Gasteiger partial charge in [0.05, 0.1) is 23.3 Å². The van der Waals surface area contributed by atoms with Gasteiger partial charge >= 0.3 is 5.97 Å². The van der Waals surface area contributed by atoms with Crippen LogP contribution in [0.4, 0.5) is 0 Å². The topological polar surface area (TPSA) is 101 Å². The summed E-state index contributed by atoms with van der Waals surface area (Å²) in [5.41, 5.74) is 0. The molecule has 1 aliphatic carbocycles. The van der Waals surface area contributed by atoms with E-state index in [2.05, 4.69) is 5.32 Å². The molecule has 6 nitrogen and oxygen atoms in total. The van der Waals surface area contributed by atoms with Crippen LogP contribution in [0.1, 0.15) is 26.2 Å². The van der Waals surface area contributed by atoms with Gasteiger partial charge < -0.3 is 10.4 Å². The lowest BCUT2D eigenvalue weighted by atomic mass is 9.95. The average molecular weight is 303 g/mol. The van der Waals surface area contributed by atoms with Gasteiger partial charge in [-0.3, -0.25) is 9.59 Å². The summed E-state index contributed by atoms with van der Waals surface area (Å²) in [5.74, 6) is -1.76. The molecule has 0 aromatic heterocycles. The lowest BCUT2D eigenvalue weighted by Crippen LogP contribution is -2.38. The van der Waals surface area contributed by atoms with E-state index in [0.717, 1.165) is 0 Å². The minimum Gasteiger partial charge on any atom is -0.481 e. The molecule has 0 aromatic rings. The molecule has 0 spiro atoms. The van der Waals surface area contributed by atoms with E-state index in [1.54, 1.807) is 0 Å². The molecule has 1 amide bonds. The Morgan fingerprint density at radius 2 is 1.90 bits per heavy atom. The molecule has 2 N–H and O–H groups in total. The predicted molar refractivity (Wildman–Crippen MR) is 72.8 cm³/mol.